The molecular formula is C19H23N5O3. The summed E-state index contributed by atoms with van der Waals surface area (Å²) in [7, 11) is 0. The fourth-order valence-electron chi connectivity index (χ4n) is 3.76. The number of benzene rings is 1. The second-order valence-electron chi connectivity index (χ2n) is 7.02. The van der Waals surface area contributed by atoms with Crippen LogP contribution in [-0.2, 0) is 11.2 Å². The van der Waals surface area contributed by atoms with E-state index in [1.807, 2.05) is 24.3 Å². The second kappa shape index (κ2) is 7.38. The number of carbonyl (C=O) groups excluding carboxylic acids is 2. The Morgan fingerprint density at radius 2 is 2.00 bits per heavy atom. The van der Waals surface area contributed by atoms with Gasteiger partial charge in [0.2, 0.25) is 11.8 Å². The molecule has 1 saturated heterocycles. The zero-order valence-electron chi connectivity index (χ0n) is 15.4. The van der Waals surface area contributed by atoms with Crippen LogP contribution < -0.4 is 10.2 Å². The van der Waals surface area contributed by atoms with Crippen LogP contribution in [0, 0.1) is 6.92 Å². The largest absolute Gasteiger partial charge is 0.339 e. The summed E-state index contributed by atoms with van der Waals surface area (Å²) in [5.41, 5.74) is 2.13. The lowest BCUT2D eigenvalue weighted by molar-refractivity contribution is -0.117. The summed E-state index contributed by atoms with van der Waals surface area (Å²) in [4.78, 5) is 32.7. The number of hydrogen-bond donors (Lipinski definition) is 1. The third-order valence-corrected chi connectivity index (χ3v) is 5.25. The number of urea groups is 1. The van der Waals surface area contributed by atoms with Crippen molar-refractivity contribution in [3.8, 4) is 0 Å². The van der Waals surface area contributed by atoms with Gasteiger partial charge in [0.05, 0.1) is 6.54 Å². The van der Waals surface area contributed by atoms with E-state index in [1.54, 1.807) is 16.7 Å². The number of piperidine rings is 1. The lowest BCUT2D eigenvalue weighted by Gasteiger charge is -2.30. The van der Waals surface area contributed by atoms with Crippen LogP contribution in [-0.4, -0.2) is 53.2 Å². The topological polar surface area (TPSA) is 91.6 Å². The summed E-state index contributed by atoms with van der Waals surface area (Å²) < 4.78 is 5.23. The number of aromatic nitrogens is 2. The molecule has 8 nitrogen and oxygen atoms in total. The van der Waals surface area contributed by atoms with Gasteiger partial charge in [-0.3, -0.25) is 4.79 Å². The molecule has 1 fully saturated rings. The van der Waals surface area contributed by atoms with Crippen molar-refractivity contribution >= 4 is 17.6 Å². The van der Waals surface area contributed by atoms with Gasteiger partial charge in [-0.25, -0.2) is 4.79 Å². The molecule has 2 aliphatic rings. The minimum absolute atomic E-state index is 0.00987. The number of nitrogens with one attached hydrogen (secondary N) is 1. The van der Waals surface area contributed by atoms with Crippen LogP contribution in [0.4, 0.5) is 10.5 Å². The highest BCUT2D eigenvalue weighted by molar-refractivity contribution is 5.98. The first kappa shape index (κ1) is 17.5. The molecule has 1 aromatic heterocycles. The average Bonchev–Trinajstić information content (AvgIpc) is 3.32. The monoisotopic (exact) mass is 369 g/mol. The maximum Gasteiger partial charge on any atom is 0.317 e. The van der Waals surface area contributed by atoms with Gasteiger partial charge in [-0.05, 0) is 37.8 Å². The van der Waals surface area contributed by atoms with Crippen molar-refractivity contribution in [2.24, 2.45) is 0 Å². The molecule has 3 amide bonds. The van der Waals surface area contributed by atoms with Crippen molar-refractivity contribution in [1.82, 2.24) is 20.4 Å². The molecule has 1 aromatic carbocycles. The van der Waals surface area contributed by atoms with Crippen molar-refractivity contribution in [2.45, 2.75) is 32.1 Å². The number of anilines is 1. The Morgan fingerprint density at radius 3 is 2.74 bits per heavy atom. The average molecular weight is 369 g/mol. The molecular weight excluding hydrogens is 346 g/mol. The maximum absolute atomic E-state index is 12.5. The summed E-state index contributed by atoms with van der Waals surface area (Å²) >= 11 is 0. The predicted molar refractivity (Wildman–Crippen MR) is 98.5 cm³/mol. The van der Waals surface area contributed by atoms with Gasteiger partial charge in [0.25, 0.3) is 0 Å². The number of fused-ring (bicyclic) bond motifs is 1. The minimum Gasteiger partial charge on any atom is -0.339 e. The molecule has 27 heavy (non-hydrogen) atoms. The van der Waals surface area contributed by atoms with Gasteiger partial charge in [0.15, 0.2) is 5.82 Å². The highest BCUT2D eigenvalue weighted by Crippen LogP contribution is 2.28. The number of rotatable bonds is 3. The van der Waals surface area contributed by atoms with Crippen molar-refractivity contribution in [1.29, 1.82) is 0 Å². The molecule has 3 heterocycles. The van der Waals surface area contributed by atoms with E-state index in [2.05, 4.69) is 15.5 Å². The quantitative estimate of drug-likeness (QED) is 0.892. The molecule has 8 heteroatoms. The van der Waals surface area contributed by atoms with Crippen LogP contribution in [0.2, 0.25) is 0 Å². The van der Waals surface area contributed by atoms with E-state index in [0.29, 0.717) is 31.3 Å². The predicted octanol–water partition coefficient (Wildman–Crippen LogP) is 1.86. The smallest absolute Gasteiger partial charge is 0.317 e. The molecule has 1 N–H and O–H groups in total. The first-order valence-corrected chi connectivity index (χ1v) is 9.33. The van der Waals surface area contributed by atoms with Crippen LogP contribution in [0.3, 0.4) is 0 Å². The Morgan fingerprint density at radius 1 is 1.22 bits per heavy atom. The Hall–Kier alpha value is -2.90. The molecule has 0 spiro atoms. The number of likely N-dealkylation sites (tertiary alicyclic amines) is 1. The van der Waals surface area contributed by atoms with Crippen LogP contribution in [0.1, 0.15) is 36.0 Å². The second-order valence-corrected chi connectivity index (χ2v) is 7.02. The van der Waals surface area contributed by atoms with E-state index < -0.39 is 0 Å². The standard InChI is InChI=1S/C19H23N5O3/c1-13-21-18(27-22-13)15-6-9-23(10-7-15)19(26)20-12-17(25)24-11-8-14-4-2-3-5-16(14)24/h2-5,15H,6-12H2,1H3,(H,20,26). The highest BCUT2D eigenvalue weighted by atomic mass is 16.5. The Kier molecular flexibility index (Phi) is 4.79. The van der Waals surface area contributed by atoms with E-state index in [9.17, 15) is 9.59 Å². The molecule has 0 radical (unpaired) electrons. The third-order valence-electron chi connectivity index (χ3n) is 5.25. The zero-order chi connectivity index (χ0) is 18.8. The summed E-state index contributed by atoms with van der Waals surface area (Å²) in [5.74, 6) is 1.39. The Labute approximate surface area is 157 Å². The molecule has 0 atom stereocenters. The van der Waals surface area contributed by atoms with Crippen molar-refractivity contribution in [2.75, 3.05) is 31.1 Å². The molecule has 4 rings (SSSR count). The number of aryl methyl sites for hydroxylation is 1. The van der Waals surface area contributed by atoms with Crippen molar-refractivity contribution in [3.63, 3.8) is 0 Å². The first-order valence-electron chi connectivity index (χ1n) is 9.33. The molecule has 2 aliphatic heterocycles. The number of para-hydroxylation sites is 1. The maximum atomic E-state index is 12.5. The zero-order valence-corrected chi connectivity index (χ0v) is 15.4. The minimum atomic E-state index is -0.198. The Balaban J connectivity index is 1.26. The van der Waals surface area contributed by atoms with Gasteiger partial charge >= 0.3 is 6.03 Å². The van der Waals surface area contributed by atoms with Gasteiger partial charge in [-0.15, -0.1) is 0 Å². The number of amides is 3. The van der Waals surface area contributed by atoms with Gasteiger partial charge in [-0.1, -0.05) is 23.4 Å². The number of hydrogen-bond acceptors (Lipinski definition) is 5. The van der Waals surface area contributed by atoms with Gasteiger partial charge in [0.1, 0.15) is 0 Å². The highest BCUT2D eigenvalue weighted by Gasteiger charge is 2.28. The van der Waals surface area contributed by atoms with E-state index in [4.69, 9.17) is 4.52 Å². The Bertz CT molecular complexity index is 841. The lowest BCUT2D eigenvalue weighted by atomic mass is 9.97. The van der Waals surface area contributed by atoms with E-state index in [-0.39, 0.29) is 24.4 Å². The molecule has 0 saturated carbocycles. The summed E-state index contributed by atoms with van der Waals surface area (Å²) in [6.07, 6.45) is 2.42. The van der Waals surface area contributed by atoms with E-state index >= 15 is 0 Å². The number of carbonyl (C=O) groups is 2. The number of nitrogens with zero attached hydrogens (tertiary/aromatic N) is 4. The normalized spacial score (nSPS) is 17.1. The van der Waals surface area contributed by atoms with E-state index in [0.717, 1.165) is 24.9 Å². The lowest BCUT2D eigenvalue weighted by Crippen LogP contribution is -2.47. The summed E-state index contributed by atoms with van der Waals surface area (Å²) in [6.45, 7) is 3.70. The first-order chi connectivity index (χ1) is 13.1. The molecule has 142 valence electrons. The van der Waals surface area contributed by atoms with Crippen molar-refractivity contribution < 1.29 is 14.1 Å². The van der Waals surface area contributed by atoms with Crippen molar-refractivity contribution in [3.05, 3.63) is 41.5 Å². The molecule has 2 aromatic rings. The SMILES string of the molecule is Cc1noc(C2CCN(C(=O)NCC(=O)N3CCc4ccccc43)CC2)n1. The third kappa shape index (κ3) is 3.65. The fraction of sp³-hybridized carbons (Fsp3) is 0.474. The molecule has 0 unspecified atom stereocenters. The summed E-state index contributed by atoms with van der Waals surface area (Å²) in [5, 5.41) is 6.59. The van der Waals surface area contributed by atoms with E-state index in [1.165, 1.54) is 5.56 Å². The van der Waals surface area contributed by atoms with Crippen LogP contribution in [0.15, 0.2) is 28.8 Å². The van der Waals surface area contributed by atoms with Crippen LogP contribution >= 0.6 is 0 Å². The molecule has 0 aliphatic carbocycles. The van der Waals surface area contributed by atoms with Gasteiger partial charge in [0, 0.05) is 31.2 Å². The van der Waals surface area contributed by atoms with Crippen LogP contribution in [0.25, 0.3) is 0 Å². The summed E-state index contributed by atoms with van der Waals surface area (Å²) in [6, 6.07) is 7.70. The van der Waals surface area contributed by atoms with Crippen LogP contribution in [0.5, 0.6) is 0 Å². The molecule has 0 bridgehead atoms. The van der Waals surface area contributed by atoms with Gasteiger partial charge in [-0.2, -0.15) is 4.98 Å². The van der Waals surface area contributed by atoms with Gasteiger partial charge < -0.3 is 19.6 Å². The fourth-order valence-corrected chi connectivity index (χ4v) is 3.76.